The predicted molar refractivity (Wildman–Crippen MR) is 102 cm³/mol. The summed E-state index contributed by atoms with van der Waals surface area (Å²) in [6.07, 6.45) is 6.79. The zero-order valence-electron chi connectivity index (χ0n) is 15.6. The normalized spacial score (nSPS) is 27.5. The van der Waals surface area contributed by atoms with Crippen LogP contribution in [0.1, 0.15) is 50.5 Å². The van der Waals surface area contributed by atoms with Crippen molar-refractivity contribution in [3.63, 3.8) is 0 Å². The van der Waals surface area contributed by atoms with E-state index in [1.807, 2.05) is 30.3 Å². The molecule has 3 rings (SSSR count). The fraction of sp³-hybridized carbons (Fsp3) is 0.667. The van der Waals surface area contributed by atoms with Crippen LogP contribution in [0.4, 0.5) is 0 Å². The molecule has 0 radical (unpaired) electrons. The molecular weight excluding hydrogens is 328 g/mol. The van der Waals surface area contributed by atoms with Gasteiger partial charge in [0.05, 0.1) is 12.6 Å². The van der Waals surface area contributed by atoms with Gasteiger partial charge in [-0.05, 0) is 31.2 Å². The third-order valence-corrected chi connectivity index (χ3v) is 5.88. The van der Waals surface area contributed by atoms with Crippen LogP contribution in [0.3, 0.4) is 0 Å². The Morgan fingerprint density at radius 2 is 1.88 bits per heavy atom. The zero-order valence-corrected chi connectivity index (χ0v) is 15.6. The second-order valence-corrected chi connectivity index (χ2v) is 7.92. The number of amides is 1. The fourth-order valence-corrected chi connectivity index (χ4v) is 4.13. The summed E-state index contributed by atoms with van der Waals surface area (Å²) in [4.78, 5) is 14.3. The number of likely N-dealkylation sites (tertiary alicyclic amines) is 1. The summed E-state index contributed by atoms with van der Waals surface area (Å²) < 4.78 is 0. The quantitative estimate of drug-likeness (QED) is 0.724. The van der Waals surface area contributed by atoms with Gasteiger partial charge in [0, 0.05) is 25.6 Å². The molecule has 1 saturated carbocycles. The average molecular weight is 360 g/mol. The van der Waals surface area contributed by atoms with Gasteiger partial charge in [0.15, 0.2) is 0 Å². The van der Waals surface area contributed by atoms with E-state index in [1.165, 1.54) is 19.3 Å². The van der Waals surface area contributed by atoms with Gasteiger partial charge < -0.3 is 20.4 Å². The number of hydrogen-bond donors (Lipinski definition) is 3. The number of nitrogens with one attached hydrogen (secondary N) is 1. The Bertz CT molecular complexity index is 574. The third-order valence-electron chi connectivity index (χ3n) is 5.88. The highest BCUT2D eigenvalue weighted by Crippen LogP contribution is 2.24. The smallest absolute Gasteiger partial charge is 0.223 e. The van der Waals surface area contributed by atoms with Crippen LogP contribution in [0.2, 0.25) is 0 Å². The number of aryl methyl sites for hydroxylation is 1. The van der Waals surface area contributed by atoms with Crippen LogP contribution >= 0.6 is 0 Å². The molecule has 5 heteroatoms. The average Bonchev–Trinajstić information content (AvgIpc) is 2.68. The monoisotopic (exact) mass is 360 g/mol. The van der Waals surface area contributed by atoms with Crippen molar-refractivity contribution in [2.75, 3.05) is 19.6 Å². The first kappa shape index (κ1) is 19.3. The van der Waals surface area contributed by atoms with E-state index in [2.05, 4.69) is 5.32 Å². The molecule has 2 atom stereocenters. The van der Waals surface area contributed by atoms with Gasteiger partial charge in [-0.1, -0.05) is 49.6 Å². The van der Waals surface area contributed by atoms with Crippen LogP contribution in [0.5, 0.6) is 0 Å². The Labute approximate surface area is 156 Å². The van der Waals surface area contributed by atoms with Crippen LogP contribution in [0.25, 0.3) is 0 Å². The number of hydrogen-bond acceptors (Lipinski definition) is 4. The minimum atomic E-state index is -1.25. The molecule has 2 fully saturated rings. The van der Waals surface area contributed by atoms with E-state index in [9.17, 15) is 15.0 Å². The largest absolute Gasteiger partial charge is 0.390 e. The summed E-state index contributed by atoms with van der Waals surface area (Å²) in [6.45, 7) is 1.07. The lowest BCUT2D eigenvalue weighted by Gasteiger charge is -2.43. The van der Waals surface area contributed by atoms with Gasteiger partial charge in [-0.2, -0.15) is 0 Å². The van der Waals surface area contributed by atoms with Crippen molar-refractivity contribution in [2.45, 2.75) is 69.1 Å². The van der Waals surface area contributed by atoms with Crippen molar-refractivity contribution in [3.05, 3.63) is 35.9 Å². The Morgan fingerprint density at radius 1 is 1.15 bits per heavy atom. The number of piperidine rings is 1. The Kier molecular flexibility index (Phi) is 6.68. The molecule has 26 heavy (non-hydrogen) atoms. The maximum atomic E-state index is 12.6. The SMILES string of the molecule is O=C(CCc1ccccc1)N1CC[C@H](O)[C@@](O)(CNC2CCCCC2)C1. The summed E-state index contributed by atoms with van der Waals surface area (Å²) in [5.41, 5.74) is -0.106. The van der Waals surface area contributed by atoms with E-state index >= 15 is 0 Å². The first-order chi connectivity index (χ1) is 12.6. The van der Waals surface area contributed by atoms with Gasteiger partial charge in [0.1, 0.15) is 5.60 Å². The van der Waals surface area contributed by atoms with Crippen LogP contribution in [-0.2, 0) is 11.2 Å². The molecule has 5 nitrogen and oxygen atoms in total. The fourth-order valence-electron chi connectivity index (χ4n) is 4.13. The lowest BCUT2D eigenvalue weighted by atomic mass is 9.88. The molecule has 144 valence electrons. The van der Waals surface area contributed by atoms with Crippen molar-refractivity contribution >= 4 is 5.91 Å². The molecule has 1 amide bonds. The molecular formula is C21H32N2O3. The molecule has 0 spiro atoms. The second-order valence-electron chi connectivity index (χ2n) is 7.92. The standard InChI is InChI=1S/C21H32N2O3/c24-19-13-14-23(20(25)12-11-17-7-3-1-4-8-17)16-21(19,26)15-22-18-9-5-2-6-10-18/h1,3-4,7-8,18-19,22,24,26H,2,5-6,9-16H2/t19-,21+/m0/s1. The van der Waals surface area contributed by atoms with Crippen molar-refractivity contribution in [1.29, 1.82) is 0 Å². The highest BCUT2D eigenvalue weighted by Gasteiger charge is 2.42. The number of carbonyl (C=O) groups excluding carboxylic acids is 1. The first-order valence-electron chi connectivity index (χ1n) is 10.0. The molecule has 1 saturated heterocycles. The molecule has 0 unspecified atom stereocenters. The summed E-state index contributed by atoms with van der Waals surface area (Å²) >= 11 is 0. The van der Waals surface area contributed by atoms with Gasteiger partial charge in [0.25, 0.3) is 0 Å². The van der Waals surface area contributed by atoms with E-state index in [-0.39, 0.29) is 12.5 Å². The van der Waals surface area contributed by atoms with E-state index in [4.69, 9.17) is 0 Å². The second kappa shape index (κ2) is 8.98. The summed E-state index contributed by atoms with van der Waals surface area (Å²) in [5.74, 6) is 0.0526. The molecule has 3 N–H and O–H groups in total. The third kappa shape index (κ3) is 5.06. The number of nitrogens with zero attached hydrogens (tertiary/aromatic N) is 1. The lowest BCUT2D eigenvalue weighted by Crippen LogP contribution is -2.63. The summed E-state index contributed by atoms with van der Waals surface area (Å²) in [5, 5.41) is 24.7. The molecule has 2 aliphatic rings. The molecule has 0 aromatic heterocycles. The summed E-state index contributed by atoms with van der Waals surface area (Å²) in [7, 11) is 0. The number of β-amino-alcohol motifs (C(OH)–C–C–N with tert-alkyl or cyclic N) is 1. The van der Waals surface area contributed by atoms with Crippen molar-refractivity contribution < 1.29 is 15.0 Å². The Hall–Kier alpha value is -1.43. The van der Waals surface area contributed by atoms with E-state index in [0.29, 0.717) is 38.4 Å². The number of benzene rings is 1. The maximum absolute atomic E-state index is 12.6. The zero-order chi connectivity index (χ0) is 18.4. The highest BCUT2D eigenvalue weighted by atomic mass is 16.3. The van der Waals surface area contributed by atoms with Gasteiger partial charge in [-0.15, -0.1) is 0 Å². The minimum absolute atomic E-state index is 0.0526. The van der Waals surface area contributed by atoms with Gasteiger partial charge in [-0.3, -0.25) is 4.79 Å². The minimum Gasteiger partial charge on any atom is -0.390 e. The van der Waals surface area contributed by atoms with Crippen LogP contribution < -0.4 is 5.32 Å². The van der Waals surface area contributed by atoms with Gasteiger partial charge in [-0.25, -0.2) is 0 Å². The predicted octanol–water partition coefficient (Wildman–Crippen LogP) is 1.87. The van der Waals surface area contributed by atoms with E-state index in [1.54, 1.807) is 4.90 Å². The van der Waals surface area contributed by atoms with Crippen molar-refractivity contribution in [2.24, 2.45) is 0 Å². The molecule has 1 heterocycles. The number of aliphatic hydroxyl groups excluding tert-OH is 1. The number of aliphatic hydroxyl groups is 2. The van der Waals surface area contributed by atoms with Crippen molar-refractivity contribution in [1.82, 2.24) is 10.2 Å². The topological polar surface area (TPSA) is 72.8 Å². The van der Waals surface area contributed by atoms with Crippen LogP contribution in [0.15, 0.2) is 30.3 Å². The first-order valence-corrected chi connectivity index (χ1v) is 10.0. The van der Waals surface area contributed by atoms with E-state index < -0.39 is 11.7 Å². The van der Waals surface area contributed by atoms with Crippen LogP contribution in [-0.4, -0.2) is 58.4 Å². The number of rotatable bonds is 6. The van der Waals surface area contributed by atoms with Gasteiger partial charge in [0.2, 0.25) is 5.91 Å². The Balaban J connectivity index is 1.51. The van der Waals surface area contributed by atoms with Crippen molar-refractivity contribution in [3.8, 4) is 0 Å². The molecule has 0 bridgehead atoms. The van der Waals surface area contributed by atoms with Crippen LogP contribution in [0, 0.1) is 0 Å². The number of carbonyl (C=O) groups is 1. The molecule has 1 aliphatic heterocycles. The van der Waals surface area contributed by atoms with Gasteiger partial charge >= 0.3 is 0 Å². The summed E-state index contributed by atoms with van der Waals surface area (Å²) in [6, 6.07) is 10.4. The molecule has 1 aliphatic carbocycles. The lowest BCUT2D eigenvalue weighted by molar-refractivity contribution is -0.151. The maximum Gasteiger partial charge on any atom is 0.223 e. The molecule has 1 aromatic rings. The Morgan fingerprint density at radius 3 is 2.62 bits per heavy atom. The molecule has 1 aromatic carbocycles. The highest BCUT2D eigenvalue weighted by molar-refractivity contribution is 5.76. The van der Waals surface area contributed by atoms with E-state index in [0.717, 1.165) is 18.4 Å².